The SMILES string of the molecule is O=S(=O)(ON=C1CC=Cc2ccccc21)C(F)(F)F. The Kier molecular flexibility index (Phi) is 3.36. The maximum Gasteiger partial charge on any atom is 0.536 e. The van der Waals surface area contributed by atoms with Crippen molar-refractivity contribution in [2.75, 3.05) is 0 Å². The standard InChI is InChI=1S/C11H8F3NO3S/c12-11(13,14)19(16,17)18-15-10-7-3-5-8-4-1-2-6-9(8)10/h1-6H,7H2. The molecular weight excluding hydrogens is 283 g/mol. The average molecular weight is 291 g/mol. The fraction of sp³-hybridized carbons (Fsp3) is 0.182. The van der Waals surface area contributed by atoms with Crippen LogP contribution in [0, 0.1) is 0 Å². The minimum atomic E-state index is -5.71. The van der Waals surface area contributed by atoms with Gasteiger partial charge in [0.15, 0.2) is 0 Å². The van der Waals surface area contributed by atoms with Gasteiger partial charge in [0.1, 0.15) is 0 Å². The van der Waals surface area contributed by atoms with Crippen LogP contribution in [0.1, 0.15) is 17.5 Å². The maximum absolute atomic E-state index is 12.1. The zero-order valence-corrected chi connectivity index (χ0v) is 10.2. The first kappa shape index (κ1) is 13.6. The van der Waals surface area contributed by atoms with E-state index in [4.69, 9.17) is 0 Å². The van der Waals surface area contributed by atoms with Gasteiger partial charge in [-0.25, -0.2) is 0 Å². The van der Waals surface area contributed by atoms with E-state index in [2.05, 4.69) is 9.44 Å². The van der Waals surface area contributed by atoms with Gasteiger partial charge in [-0.05, 0) is 5.56 Å². The largest absolute Gasteiger partial charge is 0.536 e. The highest BCUT2D eigenvalue weighted by Crippen LogP contribution is 2.26. The van der Waals surface area contributed by atoms with Crippen LogP contribution in [0.2, 0.25) is 0 Å². The number of hydrogen-bond acceptors (Lipinski definition) is 4. The molecule has 0 N–H and O–H groups in total. The number of rotatable bonds is 2. The molecule has 1 aromatic carbocycles. The van der Waals surface area contributed by atoms with E-state index < -0.39 is 15.6 Å². The molecule has 19 heavy (non-hydrogen) atoms. The fourth-order valence-electron chi connectivity index (χ4n) is 1.54. The van der Waals surface area contributed by atoms with E-state index in [1.807, 2.05) is 0 Å². The van der Waals surface area contributed by atoms with Crippen LogP contribution >= 0.6 is 0 Å². The summed E-state index contributed by atoms with van der Waals surface area (Å²) < 4.78 is 61.4. The van der Waals surface area contributed by atoms with Crippen molar-refractivity contribution in [3.05, 3.63) is 41.5 Å². The second-order valence-electron chi connectivity index (χ2n) is 3.71. The quantitative estimate of drug-likeness (QED) is 0.622. The van der Waals surface area contributed by atoms with Crippen LogP contribution in [-0.2, 0) is 14.4 Å². The number of alkyl halides is 3. The maximum atomic E-state index is 12.1. The van der Waals surface area contributed by atoms with Gasteiger partial charge in [0.2, 0.25) is 0 Å². The Labute approximate surface area is 107 Å². The van der Waals surface area contributed by atoms with E-state index >= 15 is 0 Å². The smallest absolute Gasteiger partial charge is 0.262 e. The number of fused-ring (bicyclic) bond motifs is 1. The first-order valence-electron chi connectivity index (χ1n) is 5.14. The summed E-state index contributed by atoms with van der Waals surface area (Å²) in [4.78, 5) is 0. The van der Waals surface area contributed by atoms with Gasteiger partial charge in [-0.2, -0.15) is 21.6 Å². The Balaban J connectivity index is 2.30. The number of hydrogen-bond donors (Lipinski definition) is 0. The van der Waals surface area contributed by atoms with Crippen LogP contribution in [0.15, 0.2) is 35.5 Å². The highest BCUT2D eigenvalue weighted by molar-refractivity contribution is 7.87. The van der Waals surface area contributed by atoms with Crippen molar-refractivity contribution >= 4 is 21.9 Å². The van der Waals surface area contributed by atoms with Gasteiger partial charge < -0.3 is 0 Å². The molecule has 0 saturated heterocycles. The molecule has 2 rings (SSSR count). The van der Waals surface area contributed by atoms with Gasteiger partial charge >= 0.3 is 15.6 Å². The van der Waals surface area contributed by atoms with Crippen LogP contribution in [-0.4, -0.2) is 19.6 Å². The third-order valence-electron chi connectivity index (χ3n) is 2.41. The van der Waals surface area contributed by atoms with Gasteiger partial charge in [0.05, 0.1) is 5.71 Å². The summed E-state index contributed by atoms with van der Waals surface area (Å²) in [5.41, 5.74) is -4.07. The minimum absolute atomic E-state index is 0.130. The van der Waals surface area contributed by atoms with Gasteiger partial charge in [0, 0.05) is 12.0 Å². The lowest BCUT2D eigenvalue weighted by Gasteiger charge is -2.12. The van der Waals surface area contributed by atoms with E-state index in [9.17, 15) is 21.6 Å². The van der Waals surface area contributed by atoms with Crippen molar-refractivity contribution in [3.8, 4) is 0 Å². The second kappa shape index (κ2) is 4.69. The number of nitrogens with zero attached hydrogens (tertiary/aromatic N) is 1. The minimum Gasteiger partial charge on any atom is -0.262 e. The molecule has 0 aromatic heterocycles. The molecule has 0 aliphatic heterocycles. The molecule has 0 atom stereocenters. The topological polar surface area (TPSA) is 55.7 Å². The lowest BCUT2D eigenvalue weighted by atomic mass is 9.96. The highest BCUT2D eigenvalue weighted by Gasteiger charge is 2.49. The lowest BCUT2D eigenvalue weighted by molar-refractivity contribution is -0.0540. The average Bonchev–Trinajstić information content (AvgIpc) is 2.35. The van der Waals surface area contributed by atoms with Crippen LogP contribution in [0.25, 0.3) is 6.08 Å². The van der Waals surface area contributed by atoms with Crippen molar-refractivity contribution in [1.29, 1.82) is 0 Å². The third-order valence-corrected chi connectivity index (χ3v) is 3.25. The van der Waals surface area contributed by atoms with Crippen LogP contribution in [0.5, 0.6) is 0 Å². The number of halogens is 3. The summed E-state index contributed by atoms with van der Waals surface area (Å²) in [6, 6.07) is 6.78. The molecule has 0 bridgehead atoms. The van der Waals surface area contributed by atoms with Crippen molar-refractivity contribution in [2.45, 2.75) is 11.9 Å². The molecule has 0 saturated carbocycles. The lowest BCUT2D eigenvalue weighted by Crippen LogP contribution is -2.24. The van der Waals surface area contributed by atoms with Crippen molar-refractivity contribution in [1.82, 2.24) is 0 Å². The van der Waals surface area contributed by atoms with Crippen molar-refractivity contribution in [3.63, 3.8) is 0 Å². The van der Waals surface area contributed by atoms with E-state index in [1.54, 1.807) is 36.4 Å². The molecule has 1 aliphatic rings. The Morgan fingerprint density at radius 2 is 1.89 bits per heavy atom. The summed E-state index contributed by atoms with van der Waals surface area (Å²) in [7, 11) is -5.71. The first-order chi connectivity index (χ1) is 8.81. The summed E-state index contributed by atoms with van der Waals surface area (Å²) in [6.45, 7) is 0. The van der Waals surface area contributed by atoms with E-state index in [-0.39, 0.29) is 12.1 Å². The predicted molar refractivity (Wildman–Crippen MR) is 62.7 cm³/mol. The normalized spacial score (nSPS) is 17.3. The molecule has 0 fully saturated rings. The Morgan fingerprint density at radius 1 is 1.21 bits per heavy atom. The Hall–Kier alpha value is -1.83. The fourth-order valence-corrected chi connectivity index (χ4v) is 1.81. The first-order valence-corrected chi connectivity index (χ1v) is 6.55. The molecule has 102 valence electrons. The molecule has 0 unspecified atom stereocenters. The molecule has 8 heteroatoms. The van der Waals surface area contributed by atoms with Gasteiger partial charge in [-0.1, -0.05) is 41.6 Å². The molecule has 4 nitrogen and oxygen atoms in total. The van der Waals surface area contributed by atoms with Crippen LogP contribution < -0.4 is 0 Å². The van der Waals surface area contributed by atoms with Gasteiger partial charge in [-0.3, -0.25) is 4.28 Å². The summed E-state index contributed by atoms with van der Waals surface area (Å²) in [6.07, 6.45) is 3.63. The molecule has 1 aliphatic carbocycles. The molecule has 0 heterocycles. The molecule has 0 amide bonds. The van der Waals surface area contributed by atoms with Gasteiger partial charge in [-0.15, -0.1) is 0 Å². The van der Waals surface area contributed by atoms with Crippen LogP contribution in [0.4, 0.5) is 13.2 Å². The van der Waals surface area contributed by atoms with Crippen molar-refractivity contribution < 1.29 is 25.9 Å². The highest BCUT2D eigenvalue weighted by atomic mass is 32.2. The second-order valence-corrected chi connectivity index (χ2v) is 5.23. The summed E-state index contributed by atoms with van der Waals surface area (Å²) in [5.74, 6) is 0. The third kappa shape index (κ3) is 2.78. The summed E-state index contributed by atoms with van der Waals surface area (Å²) >= 11 is 0. The van der Waals surface area contributed by atoms with Gasteiger partial charge in [0.25, 0.3) is 0 Å². The Morgan fingerprint density at radius 3 is 2.58 bits per heavy atom. The zero-order valence-electron chi connectivity index (χ0n) is 9.39. The zero-order chi connectivity index (χ0) is 14.1. The molecular formula is C11H8F3NO3S. The van der Waals surface area contributed by atoms with Crippen LogP contribution in [0.3, 0.4) is 0 Å². The van der Waals surface area contributed by atoms with Crippen molar-refractivity contribution in [2.24, 2.45) is 5.16 Å². The predicted octanol–water partition coefficient (Wildman–Crippen LogP) is 2.67. The monoisotopic (exact) mass is 291 g/mol. The Bertz CT molecular complexity index is 647. The van der Waals surface area contributed by atoms with E-state index in [0.29, 0.717) is 5.56 Å². The van der Waals surface area contributed by atoms with E-state index in [1.165, 1.54) is 0 Å². The number of benzene rings is 1. The number of oxime groups is 1. The van der Waals surface area contributed by atoms with E-state index in [0.717, 1.165) is 5.56 Å². The summed E-state index contributed by atoms with van der Waals surface area (Å²) in [5, 5.41) is 3.12. The number of allylic oxidation sites excluding steroid dienone is 1. The molecule has 0 radical (unpaired) electrons. The molecule has 1 aromatic rings. The molecule has 0 spiro atoms.